The average Bonchev–Trinajstić information content (AvgIpc) is 2.55. The molecule has 24 heavy (non-hydrogen) atoms. The van der Waals surface area contributed by atoms with Gasteiger partial charge >= 0.3 is 6.03 Å². The monoisotopic (exact) mass is 329 g/mol. The van der Waals surface area contributed by atoms with Gasteiger partial charge in [-0.25, -0.2) is 9.18 Å². The van der Waals surface area contributed by atoms with E-state index in [-0.39, 0.29) is 18.3 Å². The Hall–Kier alpha value is -2.89. The van der Waals surface area contributed by atoms with Crippen LogP contribution in [0, 0.1) is 5.82 Å². The minimum atomic E-state index is -0.461. The second-order valence-corrected chi connectivity index (χ2v) is 5.60. The SMILES string of the molecule is CC(C)c1ccccc1NC(=O)NCC(=O)Nc1ccc(F)cc1. The van der Waals surface area contributed by atoms with Crippen LogP contribution in [0.25, 0.3) is 0 Å². The van der Waals surface area contributed by atoms with Crippen molar-refractivity contribution in [2.45, 2.75) is 19.8 Å². The number of anilines is 2. The largest absolute Gasteiger partial charge is 0.329 e. The van der Waals surface area contributed by atoms with E-state index in [0.29, 0.717) is 11.4 Å². The molecule has 3 amide bonds. The number of benzene rings is 2. The van der Waals surface area contributed by atoms with Crippen molar-refractivity contribution in [3.63, 3.8) is 0 Å². The highest BCUT2D eigenvalue weighted by Crippen LogP contribution is 2.23. The Balaban J connectivity index is 1.85. The minimum Gasteiger partial charge on any atom is -0.329 e. The molecular formula is C18H20FN3O2. The molecule has 6 heteroatoms. The summed E-state index contributed by atoms with van der Waals surface area (Å²) in [5, 5.41) is 7.80. The summed E-state index contributed by atoms with van der Waals surface area (Å²) in [6.07, 6.45) is 0. The molecule has 0 unspecified atom stereocenters. The van der Waals surface area contributed by atoms with E-state index in [4.69, 9.17) is 0 Å². The van der Waals surface area contributed by atoms with Gasteiger partial charge in [0.25, 0.3) is 0 Å². The van der Waals surface area contributed by atoms with E-state index < -0.39 is 11.9 Å². The molecule has 0 radical (unpaired) electrons. The number of carbonyl (C=O) groups excluding carboxylic acids is 2. The first-order valence-electron chi connectivity index (χ1n) is 7.65. The Morgan fingerprint density at radius 1 is 1.00 bits per heavy atom. The Bertz CT molecular complexity index is 714. The van der Waals surface area contributed by atoms with Gasteiger partial charge in [-0.1, -0.05) is 32.0 Å². The van der Waals surface area contributed by atoms with Crippen molar-refractivity contribution in [2.24, 2.45) is 0 Å². The van der Waals surface area contributed by atoms with Crippen LogP contribution in [0.1, 0.15) is 25.3 Å². The molecule has 2 aromatic carbocycles. The Kier molecular flexibility index (Phi) is 5.89. The molecule has 0 fully saturated rings. The molecule has 0 spiro atoms. The van der Waals surface area contributed by atoms with E-state index in [0.717, 1.165) is 5.56 Å². The van der Waals surface area contributed by atoms with E-state index >= 15 is 0 Å². The third kappa shape index (κ3) is 5.08. The molecule has 0 aliphatic carbocycles. The fourth-order valence-electron chi connectivity index (χ4n) is 2.18. The molecule has 126 valence electrons. The molecule has 0 atom stereocenters. The molecule has 0 saturated heterocycles. The van der Waals surface area contributed by atoms with Crippen molar-refractivity contribution in [3.8, 4) is 0 Å². The lowest BCUT2D eigenvalue weighted by Crippen LogP contribution is -2.36. The number of nitrogens with one attached hydrogen (secondary N) is 3. The smallest absolute Gasteiger partial charge is 0.319 e. The molecule has 2 rings (SSSR count). The highest BCUT2D eigenvalue weighted by Gasteiger charge is 2.10. The third-order valence-corrected chi connectivity index (χ3v) is 3.37. The van der Waals surface area contributed by atoms with Gasteiger partial charge in [0, 0.05) is 11.4 Å². The normalized spacial score (nSPS) is 10.3. The second-order valence-electron chi connectivity index (χ2n) is 5.60. The summed E-state index contributed by atoms with van der Waals surface area (Å²) in [6, 6.07) is 12.4. The van der Waals surface area contributed by atoms with Crippen LogP contribution in [0.15, 0.2) is 48.5 Å². The number of hydrogen-bond donors (Lipinski definition) is 3. The number of hydrogen-bond acceptors (Lipinski definition) is 2. The summed E-state index contributed by atoms with van der Waals surface area (Å²) >= 11 is 0. The fraction of sp³-hybridized carbons (Fsp3) is 0.222. The Morgan fingerprint density at radius 2 is 1.67 bits per heavy atom. The number of urea groups is 1. The fourth-order valence-corrected chi connectivity index (χ4v) is 2.18. The van der Waals surface area contributed by atoms with Gasteiger partial charge in [-0.2, -0.15) is 0 Å². The first-order valence-corrected chi connectivity index (χ1v) is 7.65. The topological polar surface area (TPSA) is 70.2 Å². The van der Waals surface area contributed by atoms with Crippen molar-refractivity contribution in [1.29, 1.82) is 0 Å². The first kappa shape index (κ1) is 17.5. The van der Waals surface area contributed by atoms with Crippen LogP contribution in [-0.2, 0) is 4.79 Å². The molecule has 0 bridgehead atoms. The van der Waals surface area contributed by atoms with Crippen LogP contribution in [0.2, 0.25) is 0 Å². The molecule has 0 saturated carbocycles. The zero-order valence-corrected chi connectivity index (χ0v) is 13.6. The summed E-state index contributed by atoms with van der Waals surface area (Å²) < 4.78 is 12.8. The Morgan fingerprint density at radius 3 is 2.33 bits per heavy atom. The molecular weight excluding hydrogens is 309 g/mol. The highest BCUT2D eigenvalue weighted by molar-refractivity contribution is 5.97. The molecule has 0 aliphatic heterocycles. The first-order chi connectivity index (χ1) is 11.5. The van der Waals surface area contributed by atoms with Gasteiger partial charge in [0.2, 0.25) is 5.91 Å². The molecule has 5 nitrogen and oxygen atoms in total. The molecule has 2 aromatic rings. The van der Waals surface area contributed by atoms with Crippen molar-refractivity contribution in [3.05, 3.63) is 59.9 Å². The maximum Gasteiger partial charge on any atom is 0.319 e. The van der Waals surface area contributed by atoms with E-state index in [1.807, 2.05) is 38.1 Å². The number of rotatable bonds is 5. The third-order valence-electron chi connectivity index (χ3n) is 3.37. The van der Waals surface area contributed by atoms with Gasteiger partial charge < -0.3 is 16.0 Å². The van der Waals surface area contributed by atoms with Gasteiger partial charge in [-0.3, -0.25) is 4.79 Å². The zero-order chi connectivity index (χ0) is 17.5. The number of amides is 3. The number of halogens is 1. The van der Waals surface area contributed by atoms with Crippen molar-refractivity contribution in [2.75, 3.05) is 17.2 Å². The lowest BCUT2D eigenvalue weighted by atomic mass is 10.0. The van der Waals surface area contributed by atoms with Crippen molar-refractivity contribution >= 4 is 23.3 Å². The molecule has 3 N–H and O–H groups in total. The quantitative estimate of drug-likeness (QED) is 0.782. The maximum atomic E-state index is 12.8. The average molecular weight is 329 g/mol. The van der Waals surface area contributed by atoms with Crippen molar-refractivity contribution in [1.82, 2.24) is 5.32 Å². The van der Waals surface area contributed by atoms with E-state index in [2.05, 4.69) is 16.0 Å². The zero-order valence-electron chi connectivity index (χ0n) is 13.6. The van der Waals surface area contributed by atoms with Gasteiger partial charge in [0.05, 0.1) is 6.54 Å². The molecule has 0 aromatic heterocycles. The number of carbonyl (C=O) groups is 2. The van der Waals surface area contributed by atoms with Crippen LogP contribution in [0.5, 0.6) is 0 Å². The van der Waals surface area contributed by atoms with Gasteiger partial charge in [0.1, 0.15) is 5.82 Å². The standard InChI is InChI=1S/C18H20FN3O2/c1-12(2)15-5-3-4-6-16(15)22-18(24)20-11-17(23)21-14-9-7-13(19)8-10-14/h3-10,12H,11H2,1-2H3,(H,21,23)(H2,20,22,24). The van der Waals surface area contributed by atoms with Crippen molar-refractivity contribution < 1.29 is 14.0 Å². The lowest BCUT2D eigenvalue weighted by molar-refractivity contribution is -0.115. The van der Waals surface area contributed by atoms with E-state index in [9.17, 15) is 14.0 Å². The van der Waals surface area contributed by atoms with Gasteiger partial charge in [-0.05, 0) is 41.8 Å². The van der Waals surface area contributed by atoms with Gasteiger partial charge in [0.15, 0.2) is 0 Å². The van der Waals surface area contributed by atoms with Crippen LogP contribution >= 0.6 is 0 Å². The number of para-hydroxylation sites is 1. The summed E-state index contributed by atoms with van der Waals surface area (Å²) in [5.74, 6) is -0.508. The maximum absolute atomic E-state index is 12.8. The lowest BCUT2D eigenvalue weighted by Gasteiger charge is -2.14. The minimum absolute atomic E-state index is 0.187. The van der Waals surface area contributed by atoms with E-state index in [1.165, 1.54) is 24.3 Å². The highest BCUT2D eigenvalue weighted by atomic mass is 19.1. The van der Waals surface area contributed by atoms with Crippen LogP contribution in [-0.4, -0.2) is 18.5 Å². The summed E-state index contributed by atoms with van der Waals surface area (Å²) in [5.41, 5.74) is 2.20. The van der Waals surface area contributed by atoms with E-state index in [1.54, 1.807) is 0 Å². The van der Waals surface area contributed by atoms with Crippen LogP contribution in [0.3, 0.4) is 0 Å². The van der Waals surface area contributed by atoms with Gasteiger partial charge in [-0.15, -0.1) is 0 Å². The predicted molar refractivity (Wildman–Crippen MR) is 92.6 cm³/mol. The summed E-state index contributed by atoms with van der Waals surface area (Å²) in [6.45, 7) is 3.89. The Labute approximate surface area is 140 Å². The predicted octanol–water partition coefficient (Wildman–Crippen LogP) is 3.71. The molecule has 0 aliphatic rings. The summed E-state index contributed by atoms with van der Waals surface area (Å²) in [4.78, 5) is 23.7. The van der Waals surface area contributed by atoms with Crippen LogP contribution in [0.4, 0.5) is 20.6 Å². The van der Waals surface area contributed by atoms with Crippen LogP contribution < -0.4 is 16.0 Å². The molecule has 0 heterocycles. The second kappa shape index (κ2) is 8.10. The summed E-state index contributed by atoms with van der Waals surface area (Å²) in [7, 11) is 0.